The lowest BCUT2D eigenvalue weighted by molar-refractivity contribution is -0.136. The van der Waals surface area contributed by atoms with Crippen LogP contribution >= 0.6 is 11.6 Å². The van der Waals surface area contributed by atoms with Gasteiger partial charge in [0.15, 0.2) is 0 Å². The Labute approximate surface area is 95.2 Å². The van der Waals surface area contributed by atoms with Gasteiger partial charge in [-0.15, -0.1) is 0 Å². The van der Waals surface area contributed by atoms with Crippen LogP contribution in [0.4, 0.5) is 17.6 Å². The standard InChI is InChI=1S/C10H10ClF4N/c11-7-2-1-6(5-8(7)12)9(16)3-4-10(13,14)15/h1-2,5,9H,3-4,16H2. The van der Waals surface area contributed by atoms with Crippen molar-refractivity contribution in [2.75, 3.05) is 0 Å². The molecule has 1 aromatic carbocycles. The lowest BCUT2D eigenvalue weighted by Crippen LogP contribution is -2.15. The molecule has 1 rings (SSSR count). The van der Waals surface area contributed by atoms with Gasteiger partial charge in [-0.2, -0.15) is 13.2 Å². The molecule has 0 amide bonds. The number of nitrogens with two attached hydrogens (primary N) is 1. The fourth-order valence-electron chi connectivity index (χ4n) is 1.23. The van der Waals surface area contributed by atoms with Gasteiger partial charge in [0.1, 0.15) is 5.82 Å². The molecule has 1 atom stereocenters. The van der Waals surface area contributed by atoms with Crippen molar-refractivity contribution in [1.29, 1.82) is 0 Å². The van der Waals surface area contributed by atoms with Gasteiger partial charge in [0.2, 0.25) is 0 Å². The van der Waals surface area contributed by atoms with Crippen molar-refractivity contribution in [3.05, 3.63) is 34.6 Å². The molecule has 0 aliphatic rings. The minimum Gasteiger partial charge on any atom is -0.324 e. The predicted molar refractivity (Wildman–Crippen MR) is 53.6 cm³/mol. The fraction of sp³-hybridized carbons (Fsp3) is 0.400. The van der Waals surface area contributed by atoms with Crippen LogP contribution in [0.15, 0.2) is 18.2 Å². The number of halogens is 5. The Hall–Kier alpha value is -0.810. The quantitative estimate of drug-likeness (QED) is 0.817. The monoisotopic (exact) mass is 255 g/mol. The van der Waals surface area contributed by atoms with Crippen LogP contribution in [0.2, 0.25) is 5.02 Å². The van der Waals surface area contributed by atoms with Gasteiger partial charge >= 0.3 is 6.18 Å². The highest BCUT2D eigenvalue weighted by Crippen LogP contribution is 2.27. The van der Waals surface area contributed by atoms with E-state index in [4.69, 9.17) is 17.3 Å². The molecule has 1 nitrogen and oxygen atoms in total. The van der Waals surface area contributed by atoms with E-state index < -0.39 is 24.5 Å². The fourth-order valence-corrected chi connectivity index (χ4v) is 1.35. The van der Waals surface area contributed by atoms with E-state index in [0.29, 0.717) is 5.56 Å². The minimum atomic E-state index is -4.25. The van der Waals surface area contributed by atoms with E-state index in [1.165, 1.54) is 12.1 Å². The van der Waals surface area contributed by atoms with Crippen molar-refractivity contribution in [3.8, 4) is 0 Å². The van der Waals surface area contributed by atoms with Crippen LogP contribution in [-0.2, 0) is 0 Å². The molecule has 16 heavy (non-hydrogen) atoms. The van der Waals surface area contributed by atoms with Gasteiger partial charge in [-0.05, 0) is 24.1 Å². The first kappa shape index (κ1) is 13.3. The van der Waals surface area contributed by atoms with E-state index >= 15 is 0 Å². The highest BCUT2D eigenvalue weighted by molar-refractivity contribution is 6.30. The van der Waals surface area contributed by atoms with Crippen molar-refractivity contribution in [1.82, 2.24) is 0 Å². The zero-order valence-corrected chi connectivity index (χ0v) is 8.95. The molecule has 0 saturated carbocycles. The number of rotatable bonds is 3. The summed E-state index contributed by atoms with van der Waals surface area (Å²) in [7, 11) is 0. The highest BCUT2D eigenvalue weighted by Gasteiger charge is 2.27. The lowest BCUT2D eigenvalue weighted by atomic mass is 10.0. The van der Waals surface area contributed by atoms with Crippen LogP contribution in [0.1, 0.15) is 24.4 Å². The maximum absolute atomic E-state index is 13.0. The third-order valence-corrected chi connectivity index (χ3v) is 2.42. The van der Waals surface area contributed by atoms with Crippen molar-refractivity contribution < 1.29 is 17.6 Å². The Morgan fingerprint density at radius 3 is 2.44 bits per heavy atom. The molecule has 0 bridgehead atoms. The van der Waals surface area contributed by atoms with Gasteiger partial charge < -0.3 is 5.73 Å². The topological polar surface area (TPSA) is 26.0 Å². The van der Waals surface area contributed by atoms with E-state index in [9.17, 15) is 17.6 Å². The maximum Gasteiger partial charge on any atom is 0.389 e. The first-order valence-electron chi connectivity index (χ1n) is 4.57. The van der Waals surface area contributed by atoms with E-state index in [1.807, 2.05) is 0 Å². The SMILES string of the molecule is NC(CCC(F)(F)F)c1ccc(Cl)c(F)c1. The Balaban J connectivity index is 2.66. The van der Waals surface area contributed by atoms with Crippen molar-refractivity contribution in [2.24, 2.45) is 5.73 Å². The van der Waals surface area contributed by atoms with Crippen LogP contribution in [-0.4, -0.2) is 6.18 Å². The molecule has 1 unspecified atom stereocenters. The summed E-state index contributed by atoms with van der Waals surface area (Å²) in [5.41, 5.74) is 5.82. The third-order valence-electron chi connectivity index (χ3n) is 2.11. The Bertz CT molecular complexity index is 364. The van der Waals surface area contributed by atoms with Crippen LogP contribution in [0, 0.1) is 5.82 Å². The maximum atomic E-state index is 13.0. The molecule has 0 fully saturated rings. The molecule has 2 N–H and O–H groups in total. The van der Waals surface area contributed by atoms with E-state index in [2.05, 4.69) is 0 Å². The van der Waals surface area contributed by atoms with Crippen LogP contribution in [0.3, 0.4) is 0 Å². The Morgan fingerprint density at radius 1 is 1.31 bits per heavy atom. The van der Waals surface area contributed by atoms with Gasteiger partial charge in [0.05, 0.1) is 5.02 Å². The summed E-state index contributed by atoms with van der Waals surface area (Å²) >= 11 is 5.44. The minimum absolute atomic E-state index is 0.0771. The second-order valence-corrected chi connectivity index (χ2v) is 3.84. The van der Waals surface area contributed by atoms with Crippen LogP contribution in [0.5, 0.6) is 0 Å². The molecule has 0 aliphatic heterocycles. The molecular weight excluding hydrogens is 246 g/mol. The second-order valence-electron chi connectivity index (χ2n) is 3.43. The molecule has 6 heteroatoms. The zero-order valence-electron chi connectivity index (χ0n) is 8.19. The Kier molecular flexibility index (Phi) is 4.15. The van der Waals surface area contributed by atoms with E-state index in [1.54, 1.807) is 0 Å². The third kappa shape index (κ3) is 3.98. The number of hydrogen-bond donors (Lipinski definition) is 1. The first-order valence-corrected chi connectivity index (χ1v) is 4.94. The van der Waals surface area contributed by atoms with Gasteiger partial charge in [0, 0.05) is 12.5 Å². The molecule has 0 radical (unpaired) electrons. The summed E-state index contributed by atoms with van der Waals surface area (Å²) in [6, 6.07) is 2.92. The van der Waals surface area contributed by atoms with Gasteiger partial charge in [-0.1, -0.05) is 17.7 Å². The van der Waals surface area contributed by atoms with Crippen LogP contribution < -0.4 is 5.73 Å². The Morgan fingerprint density at radius 2 is 1.94 bits per heavy atom. The average molecular weight is 256 g/mol. The second kappa shape index (κ2) is 5.01. The van der Waals surface area contributed by atoms with Gasteiger partial charge in [-0.3, -0.25) is 0 Å². The summed E-state index contributed by atoms with van der Waals surface area (Å²) < 4.78 is 48.8. The first-order chi connectivity index (χ1) is 7.29. The summed E-state index contributed by atoms with van der Waals surface area (Å²) in [6.07, 6.45) is -5.51. The summed E-state index contributed by atoms with van der Waals surface area (Å²) in [5.74, 6) is -0.679. The van der Waals surface area contributed by atoms with Crippen molar-refractivity contribution in [2.45, 2.75) is 25.1 Å². The summed E-state index contributed by atoms with van der Waals surface area (Å²) in [4.78, 5) is 0. The molecule has 0 heterocycles. The van der Waals surface area contributed by atoms with E-state index in [-0.39, 0.29) is 11.4 Å². The number of benzene rings is 1. The molecular formula is C10H10ClF4N. The van der Waals surface area contributed by atoms with Crippen molar-refractivity contribution >= 4 is 11.6 Å². The summed E-state index contributed by atoms with van der Waals surface area (Å²) in [5, 5.41) is -0.0771. The molecule has 1 aromatic rings. The van der Waals surface area contributed by atoms with Crippen molar-refractivity contribution in [3.63, 3.8) is 0 Å². The smallest absolute Gasteiger partial charge is 0.324 e. The molecule has 0 spiro atoms. The molecule has 90 valence electrons. The number of hydrogen-bond acceptors (Lipinski definition) is 1. The predicted octanol–water partition coefficient (Wildman–Crippen LogP) is 3.82. The summed E-state index contributed by atoms with van der Waals surface area (Å²) in [6.45, 7) is 0. The molecule has 0 aromatic heterocycles. The molecule has 0 aliphatic carbocycles. The zero-order chi connectivity index (χ0) is 12.3. The largest absolute Gasteiger partial charge is 0.389 e. The highest BCUT2D eigenvalue weighted by atomic mass is 35.5. The van der Waals surface area contributed by atoms with Crippen LogP contribution in [0.25, 0.3) is 0 Å². The normalized spacial score (nSPS) is 13.9. The van der Waals surface area contributed by atoms with Gasteiger partial charge in [0.25, 0.3) is 0 Å². The van der Waals surface area contributed by atoms with Gasteiger partial charge in [-0.25, -0.2) is 4.39 Å². The average Bonchev–Trinajstić information content (AvgIpc) is 2.17. The van der Waals surface area contributed by atoms with E-state index in [0.717, 1.165) is 6.07 Å². The lowest BCUT2D eigenvalue weighted by Gasteiger charge is -2.13. The molecule has 0 saturated heterocycles. The number of alkyl halides is 3.